The minimum atomic E-state index is -0.479. The molecule has 0 N–H and O–H groups in total. The molecule has 0 spiro atoms. The standard InChI is InChI=1S/C18H13FO2/c19-16-8-13(11-20)9-17(10-16)21-12-15-6-3-5-14-4-1-2-7-18(14)15/h1-11H,12H2. The summed E-state index contributed by atoms with van der Waals surface area (Å²) in [5.74, 6) is -0.127. The number of carbonyl (C=O) groups excluding carboxylic acids is 1. The largest absolute Gasteiger partial charge is 0.489 e. The van der Waals surface area contributed by atoms with Crippen LogP contribution in [0.3, 0.4) is 0 Å². The third kappa shape index (κ3) is 2.92. The lowest BCUT2D eigenvalue weighted by molar-refractivity contribution is 0.112. The number of hydrogen-bond acceptors (Lipinski definition) is 2. The fourth-order valence-corrected chi connectivity index (χ4v) is 2.32. The summed E-state index contributed by atoms with van der Waals surface area (Å²) in [4.78, 5) is 10.7. The molecule has 0 aliphatic rings. The van der Waals surface area contributed by atoms with Crippen LogP contribution in [0.15, 0.2) is 60.7 Å². The molecule has 0 amide bonds. The van der Waals surface area contributed by atoms with Gasteiger partial charge in [0, 0.05) is 11.6 Å². The summed E-state index contributed by atoms with van der Waals surface area (Å²) in [5, 5.41) is 2.23. The summed E-state index contributed by atoms with van der Waals surface area (Å²) in [6.45, 7) is 0.323. The van der Waals surface area contributed by atoms with Crippen molar-refractivity contribution in [1.29, 1.82) is 0 Å². The van der Waals surface area contributed by atoms with Crippen molar-refractivity contribution in [3.8, 4) is 5.75 Å². The van der Waals surface area contributed by atoms with Crippen molar-refractivity contribution in [1.82, 2.24) is 0 Å². The highest BCUT2D eigenvalue weighted by Gasteiger charge is 2.04. The Labute approximate surface area is 121 Å². The molecule has 0 aliphatic heterocycles. The van der Waals surface area contributed by atoms with E-state index in [0.717, 1.165) is 16.3 Å². The molecule has 0 bridgehead atoms. The van der Waals surface area contributed by atoms with Crippen LogP contribution in [0, 0.1) is 5.82 Å². The zero-order chi connectivity index (χ0) is 14.7. The van der Waals surface area contributed by atoms with E-state index in [1.54, 1.807) is 0 Å². The highest BCUT2D eigenvalue weighted by Crippen LogP contribution is 2.21. The number of hydrogen-bond donors (Lipinski definition) is 0. The lowest BCUT2D eigenvalue weighted by Gasteiger charge is -2.09. The second-order valence-corrected chi connectivity index (χ2v) is 4.77. The predicted octanol–water partition coefficient (Wildman–Crippen LogP) is 4.37. The third-order valence-corrected chi connectivity index (χ3v) is 3.30. The molecule has 0 heterocycles. The first-order chi connectivity index (χ1) is 10.3. The molecule has 0 fully saturated rings. The average molecular weight is 280 g/mol. The van der Waals surface area contributed by atoms with Gasteiger partial charge < -0.3 is 4.74 Å². The van der Waals surface area contributed by atoms with Gasteiger partial charge in [-0.2, -0.15) is 0 Å². The van der Waals surface area contributed by atoms with Crippen molar-refractivity contribution in [2.24, 2.45) is 0 Å². The van der Waals surface area contributed by atoms with Crippen LogP contribution in [0.2, 0.25) is 0 Å². The number of carbonyl (C=O) groups is 1. The van der Waals surface area contributed by atoms with Crippen molar-refractivity contribution < 1.29 is 13.9 Å². The summed E-state index contributed by atoms with van der Waals surface area (Å²) in [6, 6.07) is 18.0. The number of ether oxygens (including phenoxy) is 1. The molecular formula is C18H13FO2. The summed E-state index contributed by atoms with van der Waals surface area (Å²) < 4.78 is 19.0. The van der Waals surface area contributed by atoms with Crippen LogP contribution in [0.4, 0.5) is 4.39 Å². The molecule has 21 heavy (non-hydrogen) atoms. The first-order valence-corrected chi connectivity index (χ1v) is 6.61. The van der Waals surface area contributed by atoms with Crippen molar-refractivity contribution in [2.45, 2.75) is 6.61 Å². The van der Waals surface area contributed by atoms with Crippen LogP contribution in [0.5, 0.6) is 5.75 Å². The van der Waals surface area contributed by atoms with Gasteiger partial charge in [0.2, 0.25) is 0 Å². The zero-order valence-electron chi connectivity index (χ0n) is 11.3. The van der Waals surface area contributed by atoms with E-state index >= 15 is 0 Å². The van der Waals surface area contributed by atoms with E-state index in [1.165, 1.54) is 18.2 Å². The Morgan fingerprint density at radius 2 is 1.81 bits per heavy atom. The molecule has 0 saturated carbocycles. The van der Waals surface area contributed by atoms with E-state index in [2.05, 4.69) is 0 Å². The molecule has 3 aromatic rings. The molecule has 3 heteroatoms. The predicted molar refractivity (Wildman–Crippen MR) is 80.1 cm³/mol. The van der Waals surface area contributed by atoms with Crippen molar-refractivity contribution in [2.75, 3.05) is 0 Å². The lowest BCUT2D eigenvalue weighted by atomic mass is 10.1. The molecule has 3 rings (SSSR count). The highest BCUT2D eigenvalue weighted by molar-refractivity contribution is 5.85. The number of aldehydes is 1. The summed E-state index contributed by atoms with van der Waals surface area (Å²) in [7, 11) is 0. The maximum Gasteiger partial charge on any atom is 0.150 e. The van der Waals surface area contributed by atoms with E-state index < -0.39 is 5.82 Å². The quantitative estimate of drug-likeness (QED) is 0.663. The molecule has 0 saturated heterocycles. The van der Waals surface area contributed by atoms with Gasteiger partial charge in [-0.25, -0.2) is 4.39 Å². The van der Waals surface area contributed by atoms with Crippen LogP contribution < -0.4 is 4.74 Å². The SMILES string of the molecule is O=Cc1cc(F)cc(OCc2cccc3ccccc23)c1. The first kappa shape index (κ1) is 13.3. The number of halogens is 1. The molecule has 0 aromatic heterocycles. The summed E-state index contributed by atoms with van der Waals surface area (Å²) in [6.07, 6.45) is 0.605. The van der Waals surface area contributed by atoms with Gasteiger partial charge in [0.15, 0.2) is 0 Å². The Kier molecular flexibility index (Phi) is 3.65. The number of benzene rings is 3. The van der Waals surface area contributed by atoms with E-state index in [4.69, 9.17) is 4.74 Å². The van der Waals surface area contributed by atoms with Crippen molar-refractivity contribution in [3.63, 3.8) is 0 Å². The second kappa shape index (κ2) is 5.75. The lowest BCUT2D eigenvalue weighted by Crippen LogP contribution is -1.97. The van der Waals surface area contributed by atoms with Gasteiger partial charge >= 0.3 is 0 Å². The maximum absolute atomic E-state index is 13.4. The molecule has 2 nitrogen and oxygen atoms in total. The maximum atomic E-state index is 13.4. The monoisotopic (exact) mass is 280 g/mol. The molecule has 3 aromatic carbocycles. The van der Waals surface area contributed by atoms with Gasteiger partial charge in [0.1, 0.15) is 24.5 Å². The minimum absolute atomic E-state index is 0.267. The number of fused-ring (bicyclic) bond motifs is 1. The number of rotatable bonds is 4. The topological polar surface area (TPSA) is 26.3 Å². The van der Waals surface area contributed by atoms with Gasteiger partial charge in [-0.15, -0.1) is 0 Å². The van der Waals surface area contributed by atoms with Gasteiger partial charge in [0.05, 0.1) is 0 Å². The Morgan fingerprint density at radius 3 is 2.67 bits per heavy atom. The van der Waals surface area contributed by atoms with Gasteiger partial charge in [0.25, 0.3) is 0 Å². The molecule has 0 aliphatic carbocycles. The third-order valence-electron chi connectivity index (χ3n) is 3.30. The average Bonchev–Trinajstić information content (AvgIpc) is 2.52. The summed E-state index contributed by atoms with van der Waals surface area (Å²) >= 11 is 0. The van der Waals surface area contributed by atoms with Crippen molar-refractivity contribution in [3.05, 3.63) is 77.6 Å². The van der Waals surface area contributed by atoms with Gasteiger partial charge in [-0.05, 0) is 28.5 Å². The minimum Gasteiger partial charge on any atom is -0.489 e. The molecule has 0 radical (unpaired) electrons. The van der Waals surface area contributed by atoms with Crippen LogP contribution in [0.25, 0.3) is 10.8 Å². The molecule has 104 valence electrons. The fourth-order valence-electron chi connectivity index (χ4n) is 2.32. The fraction of sp³-hybridized carbons (Fsp3) is 0.0556. The van der Waals surface area contributed by atoms with E-state index in [9.17, 15) is 9.18 Å². The molecule has 0 unspecified atom stereocenters. The Morgan fingerprint density at radius 1 is 1.00 bits per heavy atom. The molecular weight excluding hydrogens is 267 g/mol. The Balaban J connectivity index is 1.87. The smallest absolute Gasteiger partial charge is 0.150 e. The second-order valence-electron chi connectivity index (χ2n) is 4.77. The van der Waals surface area contributed by atoms with Crippen molar-refractivity contribution >= 4 is 17.1 Å². The highest BCUT2D eigenvalue weighted by atomic mass is 19.1. The molecule has 0 atom stereocenters. The Hall–Kier alpha value is -2.68. The van der Waals surface area contributed by atoms with Crippen LogP contribution in [-0.4, -0.2) is 6.29 Å². The van der Waals surface area contributed by atoms with E-state index in [0.29, 0.717) is 18.6 Å². The van der Waals surface area contributed by atoms with Gasteiger partial charge in [-0.1, -0.05) is 42.5 Å². The summed E-state index contributed by atoms with van der Waals surface area (Å²) in [5.41, 5.74) is 1.29. The zero-order valence-corrected chi connectivity index (χ0v) is 11.3. The van der Waals surface area contributed by atoms with Gasteiger partial charge in [-0.3, -0.25) is 4.79 Å². The van der Waals surface area contributed by atoms with Crippen LogP contribution >= 0.6 is 0 Å². The van der Waals surface area contributed by atoms with Crippen LogP contribution in [0.1, 0.15) is 15.9 Å². The normalized spacial score (nSPS) is 10.5. The first-order valence-electron chi connectivity index (χ1n) is 6.61. The van der Waals surface area contributed by atoms with E-state index in [1.807, 2.05) is 42.5 Å². The van der Waals surface area contributed by atoms with E-state index in [-0.39, 0.29) is 5.56 Å². The Bertz CT molecular complexity index is 791. The van der Waals surface area contributed by atoms with Crippen LogP contribution in [-0.2, 0) is 6.61 Å².